The molecule has 0 saturated carbocycles. The maximum Gasteiger partial charge on any atom is 0.271 e. The molecule has 5 heteroatoms. The van der Waals surface area contributed by atoms with Crippen LogP contribution >= 0.6 is 0 Å². The first-order valence-electron chi connectivity index (χ1n) is 8.41. The molecule has 0 bridgehead atoms. The van der Waals surface area contributed by atoms with E-state index in [9.17, 15) is 9.59 Å². The van der Waals surface area contributed by atoms with E-state index in [1.54, 1.807) is 12.1 Å². The van der Waals surface area contributed by atoms with Crippen molar-refractivity contribution in [1.82, 2.24) is 0 Å². The molecule has 1 heterocycles. The van der Waals surface area contributed by atoms with Gasteiger partial charge in [0.1, 0.15) is 5.71 Å². The highest BCUT2D eigenvalue weighted by Crippen LogP contribution is 2.21. The zero-order valence-electron chi connectivity index (χ0n) is 14.4. The molecule has 0 unspecified atom stereocenters. The highest BCUT2D eigenvalue weighted by atomic mass is 16.2. The number of hydrogen-bond acceptors (Lipinski definition) is 3. The zero-order valence-corrected chi connectivity index (χ0v) is 14.4. The minimum atomic E-state index is -0.269. The Morgan fingerprint density at radius 2 is 1.84 bits per heavy atom. The second-order valence-electron chi connectivity index (χ2n) is 6.32. The highest BCUT2D eigenvalue weighted by Gasteiger charge is 2.25. The number of carbonyl (C=O) groups is 2. The number of amides is 2. The number of nitrogens with zero attached hydrogens (tertiary/aromatic N) is 2. The van der Waals surface area contributed by atoms with Gasteiger partial charge in [0.05, 0.1) is 5.69 Å². The average molecular weight is 335 g/mol. The van der Waals surface area contributed by atoms with Crippen molar-refractivity contribution in [3.05, 3.63) is 60.2 Å². The maximum absolute atomic E-state index is 12.6. The molecule has 0 atom stereocenters. The van der Waals surface area contributed by atoms with Gasteiger partial charge in [0.15, 0.2) is 0 Å². The predicted molar refractivity (Wildman–Crippen MR) is 99.8 cm³/mol. The van der Waals surface area contributed by atoms with Crippen LogP contribution in [0.5, 0.6) is 0 Å². The average Bonchev–Trinajstić information content (AvgIpc) is 2.63. The lowest BCUT2D eigenvalue weighted by Crippen LogP contribution is -2.36. The van der Waals surface area contributed by atoms with Crippen LogP contribution in [-0.2, 0) is 9.59 Å². The summed E-state index contributed by atoms with van der Waals surface area (Å²) in [4.78, 5) is 24.7. The Morgan fingerprint density at radius 1 is 1.08 bits per heavy atom. The quantitative estimate of drug-likeness (QED) is 0.920. The summed E-state index contributed by atoms with van der Waals surface area (Å²) in [5, 5.41) is 8.47. The van der Waals surface area contributed by atoms with Crippen molar-refractivity contribution in [2.45, 2.75) is 32.6 Å². The van der Waals surface area contributed by atoms with Gasteiger partial charge in [-0.1, -0.05) is 44.2 Å². The van der Waals surface area contributed by atoms with Crippen LogP contribution < -0.4 is 10.3 Å². The Kier molecular flexibility index (Phi) is 4.93. The Hall–Kier alpha value is -2.95. The van der Waals surface area contributed by atoms with Crippen molar-refractivity contribution in [2.24, 2.45) is 5.10 Å². The molecule has 0 fully saturated rings. The van der Waals surface area contributed by atoms with Crippen LogP contribution in [0.2, 0.25) is 0 Å². The van der Waals surface area contributed by atoms with E-state index >= 15 is 0 Å². The normalized spacial score (nSPS) is 14.4. The van der Waals surface area contributed by atoms with Crippen molar-refractivity contribution in [3.8, 4) is 0 Å². The number of rotatable bonds is 4. The van der Waals surface area contributed by atoms with E-state index in [0.29, 0.717) is 23.7 Å². The second kappa shape index (κ2) is 7.30. The fourth-order valence-electron chi connectivity index (χ4n) is 2.67. The van der Waals surface area contributed by atoms with Crippen molar-refractivity contribution >= 4 is 28.9 Å². The summed E-state index contributed by atoms with van der Waals surface area (Å²) in [6.45, 7) is 4.21. The molecule has 0 spiro atoms. The number of anilines is 2. The van der Waals surface area contributed by atoms with Gasteiger partial charge in [0, 0.05) is 18.5 Å². The van der Waals surface area contributed by atoms with E-state index in [-0.39, 0.29) is 18.2 Å². The van der Waals surface area contributed by atoms with Crippen molar-refractivity contribution in [2.75, 3.05) is 10.3 Å². The highest BCUT2D eigenvalue weighted by molar-refractivity contribution is 6.44. The SMILES string of the molecule is CC(C)c1cccc(NC(=O)C2=NN(c3ccccc3)C(=O)CC2)c1. The predicted octanol–water partition coefficient (Wildman–Crippen LogP) is 3.93. The number of hydrogen-bond donors (Lipinski definition) is 1. The van der Waals surface area contributed by atoms with Gasteiger partial charge in [0.25, 0.3) is 5.91 Å². The Bertz CT molecular complexity index is 813. The summed E-state index contributed by atoms with van der Waals surface area (Å²) in [5.41, 5.74) is 2.92. The summed E-state index contributed by atoms with van der Waals surface area (Å²) in [6, 6.07) is 16.9. The summed E-state index contributed by atoms with van der Waals surface area (Å²) in [5.74, 6) is 0.00830. The molecule has 0 radical (unpaired) electrons. The van der Waals surface area contributed by atoms with Gasteiger partial charge in [-0.25, -0.2) is 5.01 Å². The lowest BCUT2D eigenvalue weighted by molar-refractivity contribution is -0.118. The Morgan fingerprint density at radius 3 is 2.56 bits per heavy atom. The van der Waals surface area contributed by atoms with E-state index in [1.807, 2.05) is 42.5 Å². The summed E-state index contributed by atoms with van der Waals surface area (Å²) in [7, 11) is 0. The van der Waals surface area contributed by atoms with Crippen LogP contribution in [0.1, 0.15) is 38.2 Å². The van der Waals surface area contributed by atoms with Crippen LogP contribution in [0.15, 0.2) is 59.7 Å². The first-order chi connectivity index (χ1) is 12.0. The van der Waals surface area contributed by atoms with E-state index in [2.05, 4.69) is 24.3 Å². The summed E-state index contributed by atoms with van der Waals surface area (Å²) in [6.07, 6.45) is 0.616. The molecule has 2 amide bonds. The van der Waals surface area contributed by atoms with Gasteiger partial charge in [-0.15, -0.1) is 0 Å². The molecule has 3 rings (SSSR count). The first kappa shape index (κ1) is 16.9. The van der Waals surface area contributed by atoms with Crippen LogP contribution in [0.4, 0.5) is 11.4 Å². The molecule has 5 nitrogen and oxygen atoms in total. The van der Waals surface area contributed by atoms with Gasteiger partial charge >= 0.3 is 0 Å². The van der Waals surface area contributed by atoms with E-state index in [0.717, 1.165) is 11.3 Å². The molecule has 1 aliphatic rings. The number of para-hydroxylation sites is 1. The van der Waals surface area contributed by atoms with Crippen LogP contribution in [0.3, 0.4) is 0 Å². The lowest BCUT2D eigenvalue weighted by atomic mass is 10.0. The number of benzene rings is 2. The molecule has 1 N–H and O–H groups in total. The van der Waals surface area contributed by atoms with Crippen LogP contribution in [-0.4, -0.2) is 17.5 Å². The van der Waals surface area contributed by atoms with Gasteiger partial charge in [-0.2, -0.15) is 5.10 Å². The van der Waals surface area contributed by atoms with E-state index < -0.39 is 0 Å². The standard InChI is InChI=1S/C20H21N3O2/c1-14(2)15-7-6-8-16(13-15)21-20(25)18-11-12-19(24)23(22-18)17-9-4-3-5-10-17/h3-10,13-14H,11-12H2,1-2H3,(H,21,25). The van der Waals surface area contributed by atoms with Gasteiger partial charge in [-0.3, -0.25) is 9.59 Å². The van der Waals surface area contributed by atoms with Gasteiger partial charge in [0.2, 0.25) is 5.91 Å². The minimum absolute atomic E-state index is 0.107. The third-order valence-electron chi connectivity index (χ3n) is 4.11. The van der Waals surface area contributed by atoms with Gasteiger partial charge < -0.3 is 5.32 Å². The maximum atomic E-state index is 12.6. The Balaban J connectivity index is 1.80. The van der Waals surface area contributed by atoms with Gasteiger partial charge in [-0.05, 0) is 35.7 Å². The number of nitrogens with one attached hydrogen (secondary N) is 1. The Labute approximate surface area is 147 Å². The minimum Gasteiger partial charge on any atom is -0.321 e. The first-order valence-corrected chi connectivity index (χ1v) is 8.41. The molecule has 0 aromatic heterocycles. The van der Waals surface area contributed by atoms with Crippen molar-refractivity contribution < 1.29 is 9.59 Å². The van der Waals surface area contributed by atoms with E-state index in [4.69, 9.17) is 0 Å². The molecule has 1 aliphatic heterocycles. The summed E-state index contributed by atoms with van der Waals surface area (Å²) >= 11 is 0. The summed E-state index contributed by atoms with van der Waals surface area (Å²) < 4.78 is 0. The molecule has 25 heavy (non-hydrogen) atoms. The van der Waals surface area contributed by atoms with Crippen molar-refractivity contribution in [1.29, 1.82) is 0 Å². The second-order valence-corrected chi connectivity index (χ2v) is 6.32. The molecule has 2 aromatic rings. The molecule has 0 saturated heterocycles. The van der Waals surface area contributed by atoms with Crippen LogP contribution in [0.25, 0.3) is 0 Å². The smallest absolute Gasteiger partial charge is 0.271 e. The largest absolute Gasteiger partial charge is 0.321 e. The monoisotopic (exact) mass is 335 g/mol. The molecule has 2 aromatic carbocycles. The fraction of sp³-hybridized carbons (Fsp3) is 0.250. The van der Waals surface area contributed by atoms with Crippen LogP contribution in [0, 0.1) is 0 Å². The number of carbonyl (C=O) groups excluding carboxylic acids is 2. The lowest BCUT2D eigenvalue weighted by Gasteiger charge is -2.23. The number of hydrazone groups is 1. The van der Waals surface area contributed by atoms with E-state index in [1.165, 1.54) is 5.01 Å². The third kappa shape index (κ3) is 3.94. The zero-order chi connectivity index (χ0) is 17.8. The molecule has 0 aliphatic carbocycles. The third-order valence-corrected chi connectivity index (χ3v) is 4.11. The topological polar surface area (TPSA) is 61.8 Å². The molecule has 128 valence electrons. The van der Waals surface area contributed by atoms with Crippen molar-refractivity contribution in [3.63, 3.8) is 0 Å². The fourth-order valence-corrected chi connectivity index (χ4v) is 2.67. The molecular weight excluding hydrogens is 314 g/mol. The molecular formula is C20H21N3O2.